The first kappa shape index (κ1) is 28.1. The highest BCUT2D eigenvalue weighted by atomic mass is 16.2. The molecule has 4 saturated heterocycles. The summed E-state index contributed by atoms with van der Waals surface area (Å²) in [6.45, 7) is 16.1. The van der Waals surface area contributed by atoms with E-state index in [9.17, 15) is 14.4 Å². The number of hydrogen-bond donors (Lipinski definition) is 0. The van der Waals surface area contributed by atoms with Crippen LogP contribution in [0.2, 0.25) is 0 Å². The van der Waals surface area contributed by atoms with Crippen LogP contribution in [-0.4, -0.2) is 87.8 Å². The Labute approximate surface area is 234 Å². The number of carbonyl (C=O) groups excluding carboxylic acids is 3. The molecule has 2 unspecified atom stereocenters. The minimum Gasteiger partial charge on any atom is -0.342 e. The highest BCUT2D eigenvalue weighted by Crippen LogP contribution is 2.49. The van der Waals surface area contributed by atoms with Crippen molar-refractivity contribution in [1.82, 2.24) is 19.6 Å². The Bertz CT molecular complexity index is 1070. The van der Waals surface area contributed by atoms with Gasteiger partial charge in [-0.15, -0.1) is 0 Å². The van der Waals surface area contributed by atoms with Gasteiger partial charge < -0.3 is 9.80 Å². The van der Waals surface area contributed by atoms with Crippen LogP contribution in [-0.2, 0) is 9.59 Å². The van der Waals surface area contributed by atoms with Gasteiger partial charge in [-0.1, -0.05) is 65.0 Å². The molecule has 0 aliphatic carbocycles. The van der Waals surface area contributed by atoms with Gasteiger partial charge in [0.05, 0.1) is 0 Å². The van der Waals surface area contributed by atoms with Gasteiger partial charge in [-0.3, -0.25) is 19.4 Å². The Kier molecular flexibility index (Phi) is 7.60. The number of carbonyl (C=O) groups is 3. The van der Waals surface area contributed by atoms with Crippen molar-refractivity contribution in [3.05, 3.63) is 35.9 Å². The minimum atomic E-state index is -0.692. The van der Waals surface area contributed by atoms with E-state index in [1.165, 1.54) is 10.5 Å². The Morgan fingerprint density at radius 1 is 1.03 bits per heavy atom. The summed E-state index contributed by atoms with van der Waals surface area (Å²) >= 11 is 0. The van der Waals surface area contributed by atoms with E-state index in [-0.39, 0.29) is 23.3 Å². The van der Waals surface area contributed by atoms with Gasteiger partial charge in [-0.2, -0.15) is 0 Å². The van der Waals surface area contributed by atoms with E-state index >= 15 is 0 Å². The van der Waals surface area contributed by atoms with Crippen LogP contribution in [0.15, 0.2) is 30.3 Å². The number of amides is 4. The normalized spacial score (nSPS) is 31.4. The number of fused-ring (bicyclic) bond motifs is 2. The maximum absolute atomic E-state index is 13.8. The van der Waals surface area contributed by atoms with Gasteiger partial charge in [0.15, 0.2) is 0 Å². The molecule has 0 radical (unpaired) electrons. The number of urea groups is 1. The van der Waals surface area contributed by atoms with Crippen molar-refractivity contribution < 1.29 is 14.4 Å². The van der Waals surface area contributed by atoms with Crippen LogP contribution in [0.3, 0.4) is 0 Å². The number of hydrogen-bond acceptors (Lipinski definition) is 4. The molecule has 4 heterocycles. The van der Waals surface area contributed by atoms with Crippen LogP contribution in [0, 0.1) is 17.3 Å². The number of nitrogens with zero attached hydrogens (tertiary/aromatic N) is 4. The summed E-state index contributed by atoms with van der Waals surface area (Å²) < 4.78 is 0. The van der Waals surface area contributed by atoms with Gasteiger partial charge in [-0.25, -0.2) is 4.79 Å². The van der Waals surface area contributed by atoms with Crippen molar-refractivity contribution in [3.8, 4) is 0 Å². The lowest BCUT2D eigenvalue weighted by Gasteiger charge is -2.48. The molecule has 4 fully saturated rings. The van der Waals surface area contributed by atoms with Crippen LogP contribution >= 0.6 is 0 Å². The molecule has 0 aromatic heterocycles. The Morgan fingerprint density at radius 2 is 1.67 bits per heavy atom. The third-order valence-corrected chi connectivity index (χ3v) is 9.55. The fraction of sp³-hybridized carbons (Fsp3) is 0.719. The topological polar surface area (TPSA) is 64.2 Å². The molecular weight excluding hydrogens is 488 g/mol. The van der Waals surface area contributed by atoms with Crippen LogP contribution in [0.25, 0.3) is 0 Å². The highest BCUT2D eigenvalue weighted by Gasteiger charge is 2.62. The Morgan fingerprint density at radius 3 is 2.23 bits per heavy atom. The first-order valence-corrected chi connectivity index (χ1v) is 15.2. The average molecular weight is 537 g/mol. The zero-order chi connectivity index (χ0) is 28.1. The summed E-state index contributed by atoms with van der Waals surface area (Å²) in [5, 5.41) is 0. The monoisotopic (exact) mass is 536 g/mol. The molecule has 1 spiro atoms. The molecule has 5 rings (SSSR count). The van der Waals surface area contributed by atoms with Gasteiger partial charge >= 0.3 is 6.03 Å². The second kappa shape index (κ2) is 10.5. The van der Waals surface area contributed by atoms with Crippen LogP contribution < -0.4 is 0 Å². The first-order chi connectivity index (χ1) is 18.4. The van der Waals surface area contributed by atoms with Crippen molar-refractivity contribution in [2.24, 2.45) is 17.3 Å². The number of benzene rings is 1. The van der Waals surface area contributed by atoms with Crippen LogP contribution in [0.5, 0.6) is 0 Å². The van der Waals surface area contributed by atoms with Gasteiger partial charge in [0, 0.05) is 57.1 Å². The zero-order valence-corrected chi connectivity index (χ0v) is 24.9. The zero-order valence-electron chi connectivity index (χ0n) is 24.9. The third kappa shape index (κ3) is 5.23. The van der Waals surface area contributed by atoms with Gasteiger partial charge in [0.25, 0.3) is 5.91 Å². The number of imide groups is 1. The fourth-order valence-corrected chi connectivity index (χ4v) is 7.86. The maximum atomic E-state index is 13.8. The molecule has 4 atom stereocenters. The standard InChI is InChI=1S/C32H48N4O3/c1-7-34-29(38)32(36(30(34)39)18-22(2)3)15-25-13-14-26(16-32)35(25)20-24-19-33(28(37)17-31(4,5)6)21-27(24)23-11-9-8-10-12-23/h8-12,22,24-27H,7,13-21H2,1-6H3/t24-,25?,26?,27-,32?/m1/s1. The summed E-state index contributed by atoms with van der Waals surface area (Å²) in [6.07, 6.45) is 4.17. The molecular formula is C32H48N4O3. The number of likely N-dealkylation sites (N-methyl/N-ethyl adjacent to an activating group) is 1. The SMILES string of the molecule is CCN1C(=O)N(CC(C)C)C2(CC3CCC(C2)N3C[C@H]2CN(C(=O)CC(C)(C)C)C[C@@H]2c2ccccc2)C1=O. The van der Waals surface area contributed by atoms with Gasteiger partial charge in [0.2, 0.25) is 5.91 Å². The molecule has 1 aromatic rings. The van der Waals surface area contributed by atoms with Crippen LogP contribution in [0.4, 0.5) is 4.79 Å². The first-order valence-electron chi connectivity index (χ1n) is 15.2. The van der Waals surface area contributed by atoms with Gasteiger partial charge in [0.1, 0.15) is 5.54 Å². The molecule has 0 saturated carbocycles. The second-order valence-corrected chi connectivity index (χ2v) is 14.2. The Hall–Kier alpha value is -2.41. The van der Waals surface area contributed by atoms with Crippen molar-refractivity contribution in [2.45, 2.75) is 97.2 Å². The lowest BCUT2D eigenvalue weighted by atomic mass is 9.79. The predicted octanol–water partition coefficient (Wildman–Crippen LogP) is 4.97. The van der Waals surface area contributed by atoms with E-state index < -0.39 is 5.54 Å². The fourth-order valence-electron chi connectivity index (χ4n) is 7.86. The molecule has 4 aliphatic heterocycles. The van der Waals surface area contributed by atoms with Crippen LogP contribution in [0.1, 0.15) is 85.1 Å². The highest BCUT2D eigenvalue weighted by molar-refractivity contribution is 6.07. The van der Waals surface area contributed by atoms with E-state index in [1.54, 1.807) is 0 Å². The summed E-state index contributed by atoms with van der Waals surface area (Å²) in [4.78, 5) is 48.5. The smallest absolute Gasteiger partial charge is 0.327 e. The predicted molar refractivity (Wildman–Crippen MR) is 153 cm³/mol. The quantitative estimate of drug-likeness (QED) is 0.462. The average Bonchev–Trinajstić information content (AvgIpc) is 3.45. The summed E-state index contributed by atoms with van der Waals surface area (Å²) in [6, 6.07) is 11.2. The van der Waals surface area contributed by atoms with Crippen molar-refractivity contribution in [1.29, 1.82) is 0 Å². The summed E-state index contributed by atoms with van der Waals surface area (Å²) in [5.74, 6) is 1.26. The molecule has 7 heteroatoms. The largest absolute Gasteiger partial charge is 0.342 e. The molecule has 2 bridgehead atoms. The van der Waals surface area contributed by atoms with Gasteiger partial charge in [-0.05, 0) is 55.4 Å². The number of likely N-dealkylation sites (tertiary alicyclic amines) is 1. The Balaban J connectivity index is 1.37. The molecule has 214 valence electrons. The van der Waals surface area contributed by atoms with Crippen molar-refractivity contribution in [3.63, 3.8) is 0 Å². The molecule has 7 nitrogen and oxygen atoms in total. The van der Waals surface area contributed by atoms with Crippen molar-refractivity contribution in [2.75, 3.05) is 32.7 Å². The van der Waals surface area contributed by atoms with Crippen molar-refractivity contribution >= 4 is 17.8 Å². The molecule has 0 N–H and O–H groups in total. The number of piperidine rings is 1. The maximum Gasteiger partial charge on any atom is 0.327 e. The van der Waals surface area contributed by atoms with E-state index in [0.717, 1.165) is 45.3 Å². The van der Waals surface area contributed by atoms with E-state index in [0.29, 0.717) is 49.3 Å². The summed E-state index contributed by atoms with van der Waals surface area (Å²) in [5.41, 5.74) is 0.591. The molecule has 1 aromatic carbocycles. The van der Waals surface area contributed by atoms with E-state index in [4.69, 9.17) is 0 Å². The lowest BCUT2D eigenvalue weighted by Crippen LogP contribution is -2.61. The minimum absolute atomic E-state index is 0.0224. The summed E-state index contributed by atoms with van der Waals surface area (Å²) in [7, 11) is 0. The van der Waals surface area contributed by atoms with E-state index in [1.807, 2.05) is 11.8 Å². The molecule has 4 amide bonds. The second-order valence-electron chi connectivity index (χ2n) is 14.2. The molecule has 39 heavy (non-hydrogen) atoms. The third-order valence-electron chi connectivity index (χ3n) is 9.55. The molecule has 4 aliphatic rings. The number of rotatable bonds is 7. The lowest BCUT2D eigenvalue weighted by molar-refractivity contribution is -0.137. The van der Waals surface area contributed by atoms with E-state index in [2.05, 4.69) is 74.8 Å².